The maximum atomic E-state index is 12.0. The van der Waals surface area contributed by atoms with E-state index in [1.807, 2.05) is 0 Å². The number of nitrogens with one attached hydrogen (secondary N) is 2. The third kappa shape index (κ3) is 3.77. The number of hydrogen-bond acceptors (Lipinski definition) is 4. The van der Waals surface area contributed by atoms with Gasteiger partial charge in [0, 0.05) is 12.5 Å². The molecule has 0 aliphatic carbocycles. The molecule has 0 atom stereocenters. The predicted molar refractivity (Wildman–Crippen MR) is 76.7 cm³/mol. The van der Waals surface area contributed by atoms with Gasteiger partial charge in [0.1, 0.15) is 5.69 Å². The zero-order valence-corrected chi connectivity index (χ0v) is 11.5. The fraction of sp³-hybridized carbons (Fsp3) is 0.500. The third-order valence-electron chi connectivity index (χ3n) is 3.56. The number of nitro benzene ring substituents is 1. The van der Waals surface area contributed by atoms with E-state index in [9.17, 15) is 14.9 Å². The summed E-state index contributed by atoms with van der Waals surface area (Å²) in [4.78, 5) is 22.5. The van der Waals surface area contributed by atoms with Crippen LogP contribution in [-0.2, 0) is 4.79 Å². The van der Waals surface area contributed by atoms with E-state index in [0.29, 0.717) is 12.3 Å². The molecule has 1 aromatic rings. The molecule has 1 aliphatic heterocycles. The molecule has 0 aromatic heterocycles. The topological polar surface area (TPSA) is 84.3 Å². The summed E-state index contributed by atoms with van der Waals surface area (Å²) in [5, 5.41) is 16.9. The van der Waals surface area contributed by atoms with Gasteiger partial charge >= 0.3 is 0 Å². The lowest BCUT2D eigenvalue weighted by Gasteiger charge is -2.21. The highest BCUT2D eigenvalue weighted by atomic mass is 16.6. The highest BCUT2D eigenvalue weighted by molar-refractivity contribution is 5.93. The van der Waals surface area contributed by atoms with Crippen LogP contribution in [-0.4, -0.2) is 23.9 Å². The molecule has 0 saturated carbocycles. The summed E-state index contributed by atoms with van der Waals surface area (Å²) >= 11 is 0. The normalized spacial score (nSPS) is 15.8. The van der Waals surface area contributed by atoms with Crippen molar-refractivity contribution in [1.82, 2.24) is 5.32 Å². The summed E-state index contributed by atoms with van der Waals surface area (Å²) in [5.41, 5.74) is 1.02. The van der Waals surface area contributed by atoms with Crippen molar-refractivity contribution in [3.05, 3.63) is 33.9 Å². The number of nitrogens with zero attached hydrogens (tertiary/aromatic N) is 1. The van der Waals surface area contributed by atoms with E-state index >= 15 is 0 Å². The first-order valence-corrected chi connectivity index (χ1v) is 6.82. The summed E-state index contributed by atoms with van der Waals surface area (Å²) in [5.74, 6) is 0.213. The number of rotatable bonds is 4. The smallest absolute Gasteiger partial charge is 0.293 e. The highest BCUT2D eigenvalue weighted by Gasteiger charge is 2.20. The number of carbonyl (C=O) groups excluding carboxylic acids is 1. The van der Waals surface area contributed by atoms with Crippen LogP contribution in [0, 0.1) is 23.0 Å². The number of anilines is 1. The van der Waals surface area contributed by atoms with Crippen molar-refractivity contribution >= 4 is 17.3 Å². The van der Waals surface area contributed by atoms with E-state index in [-0.39, 0.29) is 17.3 Å². The Morgan fingerprint density at radius 2 is 2.15 bits per heavy atom. The molecule has 0 spiro atoms. The molecule has 2 rings (SSSR count). The van der Waals surface area contributed by atoms with Crippen LogP contribution in [0.15, 0.2) is 18.2 Å². The molecule has 2 N–H and O–H groups in total. The lowest BCUT2D eigenvalue weighted by molar-refractivity contribution is -0.384. The van der Waals surface area contributed by atoms with E-state index in [0.717, 1.165) is 31.5 Å². The van der Waals surface area contributed by atoms with Crippen LogP contribution >= 0.6 is 0 Å². The number of aryl methyl sites for hydroxylation is 1. The lowest BCUT2D eigenvalue weighted by atomic mass is 9.94. The maximum absolute atomic E-state index is 12.0. The van der Waals surface area contributed by atoms with Crippen molar-refractivity contribution in [3.8, 4) is 0 Å². The number of carbonyl (C=O) groups is 1. The molecule has 20 heavy (non-hydrogen) atoms. The average Bonchev–Trinajstić information content (AvgIpc) is 2.41. The molecule has 6 heteroatoms. The Morgan fingerprint density at radius 3 is 2.80 bits per heavy atom. The highest BCUT2D eigenvalue weighted by Crippen LogP contribution is 2.26. The molecule has 6 nitrogen and oxygen atoms in total. The Balaban J connectivity index is 2.01. The Morgan fingerprint density at radius 1 is 1.45 bits per heavy atom. The van der Waals surface area contributed by atoms with Gasteiger partial charge in [0.15, 0.2) is 0 Å². The Labute approximate surface area is 117 Å². The van der Waals surface area contributed by atoms with Crippen LogP contribution in [0.25, 0.3) is 0 Å². The van der Waals surface area contributed by atoms with Crippen LogP contribution in [0.5, 0.6) is 0 Å². The summed E-state index contributed by atoms with van der Waals surface area (Å²) in [7, 11) is 0. The van der Waals surface area contributed by atoms with Crippen molar-refractivity contribution in [2.24, 2.45) is 5.92 Å². The van der Waals surface area contributed by atoms with E-state index in [4.69, 9.17) is 0 Å². The van der Waals surface area contributed by atoms with E-state index in [1.165, 1.54) is 6.07 Å². The predicted octanol–water partition coefficient (Wildman–Crippen LogP) is 2.23. The van der Waals surface area contributed by atoms with Gasteiger partial charge in [-0.25, -0.2) is 0 Å². The monoisotopic (exact) mass is 277 g/mol. The summed E-state index contributed by atoms with van der Waals surface area (Å²) in [6, 6.07) is 4.82. The van der Waals surface area contributed by atoms with Crippen LogP contribution in [0.2, 0.25) is 0 Å². The Kier molecular flexibility index (Phi) is 4.68. The van der Waals surface area contributed by atoms with Crippen molar-refractivity contribution < 1.29 is 9.72 Å². The standard InChI is InChI=1S/C14H19N3O3/c1-10-2-3-12(13(8-10)17(19)20)16-14(18)9-11-4-6-15-7-5-11/h2-3,8,11,15H,4-7,9H2,1H3,(H,16,18). The Hall–Kier alpha value is -1.95. The first-order chi connectivity index (χ1) is 9.56. The summed E-state index contributed by atoms with van der Waals surface area (Å²) in [6.07, 6.45) is 2.37. The first kappa shape index (κ1) is 14.5. The van der Waals surface area contributed by atoms with Gasteiger partial charge in [0.2, 0.25) is 5.91 Å². The first-order valence-electron chi connectivity index (χ1n) is 6.82. The minimum Gasteiger partial charge on any atom is -0.320 e. The van der Waals surface area contributed by atoms with Gasteiger partial charge in [0.25, 0.3) is 5.69 Å². The molecular weight excluding hydrogens is 258 g/mol. The molecule has 1 fully saturated rings. The minimum absolute atomic E-state index is 0.0522. The van der Waals surface area contributed by atoms with Crippen LogP contribution in [0.4, 0.5) is 11.4 Å². The maximum Gasteiger partial charge on any atom is 0.293 e. The van der Waals surface area contributed by atoms with Crippen LogP contribution in [0.1, 0.15) is 24.8 Å². The molecule has 1 heterocycles. The summed E-state index contributed by atoms with van der Waals surface area (Å²) < 4.78 is 0. The van der Waals surface area contributed by atoms with E-state index < -0.39 is 4.92 Å². The van der Waals surface area contributed by atoms with Crippen LogP contribution < -0.4 is 10.6 Å². The zero-order valence-electron chi connectivity index (χ0n) is 11.5. The Bertz CT molecular complexity index is 510. The summed E-state index contributed by atoms with van der Waals surface area (Å²) in [6.45, 7) is 3.65. The van der Waals surface area contributed by atoms with Gasteiger partial charge in [-0.05, 0) is 50.4 Å². The second kappa shape index (κ2) is 6.47. The second-order valence-electron chi connectivity index (χ2n) is 5.22. The molecule has 1 aromatic carbocycles. The van der Waals surface area contributed by atoms with Gasteiger partial charge in [-0.2, -0.15) is 0 Å². The van der Waals surface area contributed by atoms with Gasteiger partial charge in [0.05, 0.1) is 4.92 Å². The van der Waals surface area contributed by atoms with Crippen LogP contribution in [0.3, 0.4) is 0 Å². The average molecular weight is 277 g/mol. The lowest BCUT2D eigenvalue weighted by Crippen LogP contribution is -2.30. The largest absolute Gasteiger partial charge is 0.320 e. The van der Waals surface area contributed by atoms with Crippen molar-refractivity contribution in [1.29, 1.82) is 0 Å². The number of piperidine rings is 1. The van der Waals surface area contributed by atoms with E-state index in [1.54, 1.807) is 19.1 Å². The van der Waals surface area contributed by atoms with Gasteiger partial charge < -0.3 is 10.6 Å². The molecule has 0 bridgehead atoms. The molecule has 1 saturated heterocycles. The van der Waals surface area contributed by atoms with Crippen molar-refractivity contribution in [2.75, 3.05) is 18.4 Å². The number of nitro groups is 1. The molecule has 0 unspecified atom stereocenters. The van der Waals surface area contributed by atoms with Crippen molar-refractivity contribution in [2.45, 2.75) is 26.2 Å². The molecule has 108 valence electrons. The third-order valence-corrected chi connectivity index (χ3v) is 3.56. The fourth-order valence-corrected chi connectivity index (χ4v) is 2.45. The number of hydrogen-bond donors (Lipinski definition) is 2. The molecule has 1 amide bonds. The molecule has 1 aliphatic rings. The van der Waals surface area contributed by atoms with Gasteiger partial charge in [-0.15, -0.1) is 0 Å². The van der Waals surface area contributed by atoms with Gasteiger partial charge in [-0.1, -0.05) is 6.07 Å². The minimum atomic E-state index is -0.465. The zero-order chi connectivity index (χ0) is 14.5. The van der Waals surface area contributed by atoms with Gasteiger partial charge in [-0.3, -0.25) is 14.9 Å². The SMILES string of the molecule is Cc1ccc(NC(=O)CC2CCNCC2)c([N+](=O)[O-])c1. The quantitative estimate of drug-likeness (QED) is 0.653. The fourth-order valence-electron chi connectivity index (χ4n) is 2.45. The number of benzene rings is 1. The second-order valence-corrected chi connectivity index (χ2v) is 5.22. The van der Waals surface area contributed by atoms with E-state index in [2.05, 4.69) is 10.6 Å². The number of amides is 1. The van der Waals surface area contributed by atoms with Crippen molar-refractivity contribution in [3.63, 3.8) is 0 Å². The molecular formula is C14H19N3O3. The molecule has 0 radical (unpaired) electrons.